The standard InChI is InChI=1S/C11H14ClFN2S/c1-2-3-6-14-11(16)15-8-4-5-10(13)9(12)7-8/h4-5,7H,2-3,6H2,1H3,(H2,14,15,16). The largest absolute Gasteiger partial charge is 0.362 e. The van der Waals surface area contributed by atoms with E-state index < -0.39 is 5.82 Å². The van der Waals surface area contributed by atoms with Crippen molar-refractivity contribution in [2.24, 2.45) is 0 Å². The molecule has 0 aromatic heterocycles. The molecule has 0 aliphatic carbocycles. The average Bonchev–Trinajstić information content (AvgIpc) is 2.24. The summed E-state index contributed by atoms with van der Waals surface area (Å²) in [7, 11) is 0. The fraction of sp³-hybridized carbons (Fsp3) is 0.364. The topological polar surface area (TPSA) is 24.1 Å². The van der Waals surface area contributed by atoms with E-state index in [-0.39, 0.29) is 5.02 Å². The van der Waals surface area contributed by atoms with Gasteiger partial charge in [-0.1, -0.05) is 24.9 Å². The van der Waals surface area contributed by atoms with Crippen LogP contribution >= 0.6 is 23.8 Å². The molecule has 0 saturated carbocycles. The molecule has 16 heavy (non-hydrogen) atoms. The van der Waals surface area contributed by atoms with Crippen LogP contribution in [0.3, 0.4) is 0 Å². The van der Waals surface area contributed by atoms with Gasteiger partial charge < -0.3 is 10.6 Å². The van der Waals surface area contributed by atoms with Gasteiger partial charge in [0.1, 0.15) is 5.82 Å². The van der Waals surface area contributed by atoms with Crippen molar-refractivity contribution in [3.8, 4) is 0 Å². The van der Waals surface area contributed by atoms with Gasteiger partial charge in [-0.25, -0.2) is 4.39 Å². The first-order chi connectivity index (χ1) is 7.63. The Hall–Kier alpha value is -0.870. The molecule has 0 unspecified atom stereocenters. The summed E-state index contributed by atoms with van der Waals surface area (Å²) in [4.78, 5) is 0. The van der Waals surface area contributed by atoms with E-state index in [4.69, 9.17) is 23.8 Å². The zero-order chi connectivity index (χ0) is 12.0. The molecule has 1 aromatic carbocycles. The summed E-state index contributed by atoms with van der Waals surface area (Å²) in [5.41, 5.74) is 0.681. The van der Waals surface area contributed by atoms with Crippen molar-refractivity contribution in [1.82, 2.24) is 5.32 Å². The minimum Gasteiger partial charge on any atom is -0.362 e. The summed E-state index contributed by atoms with van der Waals surface area (Å²) in [5.74, 6) is -0.433. The molecule has 5 heteroatoms. The molecule has 0 amide bonds. The predicted octanol–water partition coefficient (Wildman–Crippen LogP) is 3.57. The normalized spacial score (nSPS) is 9.94. The monoisotopic (exact) mass is 260 g/mol. The smallest absolute Gasteiger partial charge is 0.170 e. The van der Waals surface area contributed by atoms with E-state index in [9.17, 15) is 4.39 Å². The van der Waals surface area contributed by atoms with Crippen LogP contribution in [0.15, 0.2) is 18.2 Å². The number of nitrogens with one attached hydrogen (secondary N) is 2. The highest BCUT2D eigenvalue weighted by Gasteiger charge is 2.01. The van der Waals surface area contributed by atoms with E-state index >= 15 is 0 Å². The molecule has 2 nitrogen and oxygen atoms in total. The summed E-state index contributed by atoms with van der Waals surface area (Å²) in [6.07, 6.45) is 2.17. The maximum atomic E-state index is 12.9. The highest BCUT2D eigenvalue weighted by atomic mass is 35.5. The molecule has 1 rings (SSSR count). The molecule has 0 aliphatic rings. The van der Waals surface area contributed by atoms with Crippen molar-refractivity contribution in [2.45, 2.75) is 19.8 Å². The molecule has 0 aliphatic heterocycles. The first-order valence-corrected chi connectivity index (χ1v) is 5.92. The number of hydrogen-bond donors (Lipinski definition) is 2. The molecular formula is C11H14ClFN2S. The Morgan fingerprint density at radius 3 is 2.88 bits per heavy atom. The Morgan fingerprint density at radius 1 is 1.50 bits per heavy atom. The second-order valence-corrected chi connectivity index (χ2v) is 4.18. The van der Waals surface area contributed by atoms with Crippen LogP contribution < -0.4 is 10.6 Å². The van der Waals surface area contributed by atoms with Crippen molar-refractivity contribution < 1.29 is 4.39 Å². The van der Waals surface area contributed by atoms with Crippen LogP contribution in [0.1, 0.15) is 19.8 Å². The molecule has 0 bridgehead atoms. The fourth-order valence-electron chi connectivity index (χ4n) is 1.13. The Bertz CT molecular complexity index is 371. The lowest BCUT2D eigenvalue weighted by Crippen LogP contribution is -2.29. The third kappa shape index (κ3) is 4.33. The Morgan fingerprint density at radius 2 is 2.25 bits per heavy atom. The van der Waals surface area contributed by atoms with Gasteiger partial charge in [-0.15, -0.1) is 0 Å². The van der Waals surface area contributed by atoms with Crippen LogP contribution in [-0.2, 0) is 0 Å². The highest BCUT2D eigenvalue weighted by molar-refractivity contribution is 7.80. The predicted molar refractivity (Wildman–Crippen MR) is 70.5 cm³/mol. The van der Waals surface area contributed by atoms with Gasteiger partial charge in [0, 0.05) is 12.2 Å². The minimum absolute atomic E-state index is 0.0846. The third-order valence-corrected chi connectivity index (χ3v) is 2.53. The second kappa shape index (κ2) is 6.66. The van der Waals surface area contributed by atoms with Crippen LogP contribution in [0.4, 0.5) is 10.1 Å². The van der Waals surface area contributed by atoms with Crippen LogP contribution in [0.5, 0.6) is 0 Å². The van der Waals surface area contributed by atoms with Crippen molar-refractivity contribution in [1.29, 1.82) is 0 Å². The van der Waals surface area contributed by atoms with E-state index in [0.717, 1.165) is 19.4 Å². The maximum Gasteiger partial charge on any atom is 0.170 e. The molecule has 0 spiro atoms. The number of hydrogen-bond acceptors (Lipinski definition) is 1. The third-order valence-electron chi connectivity index (χ3n) is 1.99. The quantitative estimate of drug-likeness (QED) is 0.639. The van der Waals surface area contributed by atoms with Crippen LogP contribution in [0.2, 0.25) is 5.02 Å². The highest BCUT2D eigenvalue weighted by Crippen LogP contribution is 2.19. The van der Waals surface area contributed by atoms with Gasteiger partial charge in [-0.05, 0) is 36.8 Å². The lowest BCUT2D eigenvalue weighted by atomic mass is 10.3. The van der Waals surface area contributed by atoms with E-state index in [1.807, 2.05) is 0 Å². The summed E-state index contributed by atoms with van der Waals surface area (Å²) < 4.78 is 12.9. The molecule has 2 N–H and O–H groups in total. The van der Waals surface area contributed by atoms with Crippen molar-refractivity contribution >= 4 is 34.6 Å². The zero-order valence-electron chi connectivity index (χ0n) is 9.02. The van der Waals surface area contributed by atoms with Gasteiger partial charge >= 0.3 is 0 Å². The second-order valence-electron chi connectivity index (χ2n) is 3.36. The van der Waals surface area contributed by atoms with Gasteiger partial charge in [-0.2, -0.15) is 0 Å². The number of unbranched alkanes of at least 4 members (excludes halogenated alkanes) is 1. The molecule has 1 aromatic rings. The molecule has 0 saturated heterocycles. The zero-order valence-corrected chi connectivity index (χ0v) is 10.6. The Kier molecular flexibility index (Phi) is 5.49. The summed E-state index contributed by atoms with van der Waals surface area (Å²) in [6, 6.07) is 4.40. The van der Waals surface area contributed by atoms with Gasteiger partial charge in [0.15, 0.2) is 5.11 Å². The number of halogens is 2. The number of anilines is 1. The summed E-state index contributed by atoms with van der Waals surface area (Å²) in [6.45, 7) is 2.94. The first kappa shape index (κ1) is 13.2. The first-order valence-electron chi connectivity index (χ1n) is 5.13. The average molecular weight is 261 g/mol. The van der Waals surface area contributed by atoms with E-state index in [2.05, 4.69) is 17.6 Å². The van der Waals surface area contributed by atoms with Crippen LogP contribution in [-0.4, -0.2) is 11.7 Å². The fourth-order valence-corrected chi connectivity index (χ4v) is 1.53. The van der Waals surface area contributed by atoms with Crippen molar-refractivity contribution in [2.75, 3.05) is 11.9 Å². The Balaban J connectivity index is 2.46. The van der Waals surface area contributed by atoms with E-state index in [1.165, 1.54) is 12.1 Å². The van der Waals surface area contributed by atoms with Gasteiger partial charge in [0.2, 0.25) is 0 Å². The van der Waals surface area contributed by atoms with Gasteiger partial charge in [0.05, 0.1) is 5.02 Å². The van der Waals surface area contributed by atoms with Crippen molar-refractivity contribution in [3.05, 3.63) is 29.0 Å². The number of benzene rings is 1. The van der Waals surface area contributed by atoms with E-state index in [0.29, 0.717) is 10.8 Å². The molecule has 0 radical (unpaired) electrons. The molecule has 0 atom stereocenters. The van der Waals surface area contributed by atoms with Gasteiger partial charge in [-0.3, -0.25) is 0 Å². The summed E-state index contributed by atoms with van der Waals surface area (Å²) >= 11 is 10.7. The lowest BCUT2D eigenvalue weighted by Gasteiger charge is -2.10. The molecule has 0 heterocycles. The minimum atomic E-state index is -0.433. The van der Waals surface area contributed by atoms with E-state index in [1.54, 1.807) is 6.07 Å². The molecule has 0 fully saturated rings. The van der Waals surface area contributed by atoms with Crippen molar-refractivity contribution in [3.63, 3.8) is 0 Å². The van der Waals surface area contributed by atoms with Crippen LogP contribution in [0, 0.1) is 5.82 Å². The molecular weight excluding hydrogens is 247 g/mol. The SMILES string of the molecule is CCCCNC(=S)Nc1ccc(F)c(Cl)c1. The molecule has 88 valence electrons. The number of thiocarbonyl (C=S) groups is 1. The number of rotatable bonds is 4. The van der Waals surface area contributed by atoms with Crippen LogP contribution in [0.25, 0.3) is 0 Å². The lowest BCUT2D eigenvalue weighted by molar-refractivity contribution is 0.628. The van der Waals surface area contributed by atoms with Gasteiger partial charge in [0.25, 0.3) is 0 Å². The summed E-state index contributed by atoms with van der Waals surface area (Å²) in [5, 5.41) is 6.60. The Labute approximate surface area is 105 Å². The maximum absolute atomic E-state index is 12.9.